The van der Waals surface area contributed by atoms with Crippen LogP contribution in [0.1, 0.15) is 0 Å². The predicted molar refractivity (Wildman–Crippen MR) is 83.8 cm³/mol. The molecular formula is C15H10FN5S. The fourth-order valence-electron chi connectivity index (χ4n) is 2.16. The Morgan fingerprint density at radius 1 is 1.18 bits per heavy atom. The molecule has 3 aromatic heterocycles. The van der Waals surface area contributed by atoms with Gasteiger partial charge < -0.3 is 5.32 Å². The zero-order valence-electron chi connectivity index (χ0n) is 11.3. The molecule has 4 rings (SSSR count). The number of anilines is 2. The van der Waals surface area contributed by atoms with Gasteiger partial charge in [-0.3, -0.25) is 4.40 Å². The number of hydrogen-bond acceptors (Lipinski definition) is 5. The highest BCUT2D eigenvalue weighted by molar-refractivity contribution is 7.14. The van der Waals surface area contributed by atoms with Crippen molar-refractivity contribution >= 4 is 27.9 Å². The average Bonchev–Trinajstić information content (AvgIpc) is 3.13. The number of nitrogens with zero attached hydrogens (tertiary/aromatic N) is 4. The smallest absolute Gasteiger partial charge is 0.234 e. The molecule has 0 atom stereocenters. The molecule has 0 aliphatic carbocycles. The van der Waals surface area contributed by atoms with Crippen molar-refractivity contribution in [1.82, 2.24) is 19.4 Å². The zero-order valence-corrected chi connectivity index (χ0v) is 12.1. The second-order valence-corrected chi connectivity index (χ2v) is 5.46. The van der Waals surface area contributed by atoms with Gasteiger partial charge in [0.05, 0.1) is 11.9 Å². The molecule has 0 saturated heterocycles. The van der Waals surface area contributed by atoms with Crippen molar-refractivity contribution in [2.24, 2.45) is 0 Å². The van der Waals surface area contributed by atoms with Crippen LogP contribution in [0.5, 0.6) is 0 Å². The maximum Gasteiger partial charge on any atom is 0.234 e. The van der Waals surface area contributed by atoms with E-state index in [1.165, 1.54) is 23.5 Å². The number of fused-ring (bicyclic) bond motifs is 1. The standard InChI is InChI=1S/C15H10FN5S/c16-10-3-1-4-11(7-10)19-15-20-12(9-22-15)13-8-18-14-17-5-2-6-21(13)14/h1-9H,(H,19,20). The molecule has 0 saturated carbocycles. The highest BCUT2D eigenvalue weighted by Crippen LogP contribution is 2.27. The van der Waals surface area contributed by atoms with Crippen molar-refractivity contribution in [1.29, 1.82) is 0 Å². The molecular weight excluding hydrogens is 301 g/mol. The number of benzene rings is 1. The van der Waals surface area contributed by atoms with Gasteiger partial charge in [-0.25, -0.2) is 19.3 Å². The summed E-state index contributed by atoms with van der Waals surface area (Å²) in [5, 5.41) is 5.72. The third-order valence-corrected chi connectivity index (χ3v) is 3.89. The number of nitrogens with one attached hydrogen (secondary N) is 1. The van der Waals surface area contributed by atoms with Crippen LogP contribution >= 0.6 is 11.3 Å². The normalized spacial score (nSPS) is 11.0. The van der Waals surface area contributed by atoms with Crippen LogP contribution in [0.4, 0.5) is 15.2 Å². The van der Waals surface area contributed by atoms with Crippen LogP contribution in [-0.4, -0.2) is 19.4 Å². The molecule has 0 fully saturated rings. The Morgan fingerprint density at radius 3 is 3.05 bits per heavy atom. The second-order valence-electron chi connectivity index (χ2n) is 4.61. The lowest BCUT2D eigenvalue weighted by atomic mass is 10.3. The number of halogens is 1. The van der Waals surface area contributed by atoms with Crippen LogP contribution in [0.15, 0.2) is 54.3 Å². The van der Waals surface area contributed by atoms with Gasteiger partial charge >= 0.3 is 0 Å². The van der Waals surface area contributed by atoms with Gasteiger partial charge in [0.2, 0.25) is 5.78 Å². The first-order valence-corrected chi connectivity index (χ1v) is 7.44. The average molecular weight is 311 g/mol. The van der Waals surface area contributed by atoms with Crippen molar-refractivity contribution < 1.29 is 4.39 Å². The first-order valence-electron chi connectivity index (χ1n) is 6.56. The molecule has 108 valence electrons. The van der Waals surface area contributed by atoms with E-state index < -0.39 is 0 Å². The van der Waals surface area contributed by atoms with E-state index in [9.17, 15) is 4.39 Å². The lowest BCUT2D eigenvalue weighted by Gasteiger charge is -2.01. The van der Waals surface area contributed by atoms with E-state index in [2.05, 4.69) is 20.3 Å². The SMILES string of the molecule is Fc1cccc(Nc2nc(-c3cnc4ncccn34)cs2)c1. The summed E-state index contributed by atoms with van der Waals surface area (Å²) < 4.78 is 15.1. The number of rotatable bonds is 3. The van der Waals surface area contributed by atoms with Crippen molar-refractivity contribution in [3.8, 4) is 11.4 Å². The Bertz CT molecular complexity index is 946. The maximum absolute atomic E-state index is 13.2. The Labute approximate surface area is 129 Å². The van der Waals surface area contributed by atoms with Gasteiger partial charge in [0.25, 0.3) is 0 Å². The minimum absolute atomic E-state index is 0.283. The van der Waals surface area contributed by atoms with Gasteiger partial charge in [0.15, 0.2) is 5.13 Å². The van der Waals surface area contributed by atoms with E-state index in [-0.39, 0.29) is 5.82 Å². The van der Waals surface area contributed by atoms with Gasteiger partial charge in [0, 0.05) is 23.5 Å². The Hall–Kier alpha value is -2.80. The molecule has 1 N–H and O–H groups in total. The number of hydrogen-bond donors (Lipinski definition) is 1. The van der Waals surface area contributed by atoms with E-state index in [0.29, 0.717) is 16.6 Å². The predicted octanol–water partition coefficient (Wildman–Crippen LogP) is 3.74. The van der Waals surface area contributed by atoms with Crippen molar-refractivity contribution in [3.63, 3.8) is 0 Å². The lowest BCUT2D eigenvalue weighted by Crippen LogP contribution is -1.92. The molecule has 0 aliphatic heterocycles. The lowest BCUT2D eigenvalue weighted by molar-refractivity contribution is 0.628. The van der Waals surface area contributed by atoms with E-state index in [0.717, 1.165) is 11.4 Å². The molecule has 0 unspecified atom stereocenters. The summed E-state index contributed by atoms with van der Waals surface area (Å²) in [4.78, 5) is 13.0. The fourth-order valence-corrected chi connectivity index (χ4v) is 2.88. The Balaban J connectivity index is 1.67. The molecule has 0 aliphatic rings. The molecule has 3 heterocycles. The number of imidazole rings is 1. The minimum Gasteiger partial charge on any atom is -0.331 e. The molecule has 0 bridgehead atoms. The quantitative estimate of drug-likeness (QED) is 0.626. The molecule has 5 nitrogen and oxygen atoms in total. The second kappa shape index (κ2) is 5.19. The highest BCUT2D eigenvalue weighted by atomic mass is 32.1. The Morgan fingerprint density at radius 2 is 2.14 bits per heavy atom. The summed E-state index contributed by atoms with van der Waals surface area (Å²) in [7, 11) is 0. The molecule has 4 aromatic rings. The maximum atomic E-state index is 13.2. The van der Waals surface area contributed by atoms with Crippen LogP contribution in [0.2, 0.25) is 0 Å². The van der Waals surface area contributed by atoms with Gasteiger partial charge in [0.1, 0.15) is 11.5 Å². The van der Waals surface area contributed by atoms with Crippen LogP contribution < -0.4 is 5.32 Å². The van der Waals surface area contributed by atoms with E-state index in [4.69, 9.17) is 0 Å². The zero-order chi connectivity index (χ0) is 14.9. The van der Waals surface area contributed by atoms with Gasteiger partial charge in [-0.2, -0.15) is 0 Å². The fraction of sp³-hybridized carbons (Fsp3) is 0. The minimum atomic E-state index is -0.283. The van der Waals surface area contributed by atoms with Crippen LogP contribution in [0.3, 0.4) is 0 Å². The van der Waals surface area contributed by atoms with Crippen molar-refractivity contribution in [2.45, 2.75) is 0 Å². The summed E-state index contributed by atoms with van der Waals surface area (Å²) in [6.07, 6.45) is 5.33. The van der Waals surface area contributed by atoms with Gasteiger partial charge in [-0.15, -0.1) is 11.3 Å². The van der Waals surface area contributed by atoms with Crippen LogP contribution in [0.25, 0.3) is 17.2 Å². The first-order chi connectivity index (χ1) is 10.8. The van der Waals surface area contributed by atoms with E-state index >= 15 is 0 Å². The summed E-state index contributed by atoms with van der Waals surface area (Å²) in [5.41, 5.74) is 2.33. The first kappa shape index (κ1) is 12.9. The third-order valence-electron chi connectivity index (χ3n) is 3.13. The van der Waals surface area contributed by atoms with Crippen LogP contribution in [-0.2, 0) is 0 Å². The third kappa shape index (κ3) is 2.31. The summed E-state index contributed by atoms with van der Waals surface area (Å²) in [6, 6.07) is 8.13. The molecule has 0 amide bonds. The summed E-state index contributed by atoms with van der Waals surface area (Å²) >= 11 is 1.45. The Kier molecular flexibility index (Phi) is 3.05. The summed E-state index contributed by atoms with van der Waals surface area (Å²) in [6.45, 7) is 0. The van der Waals surface area contributed by atoms with E-state index in [1.807, 2.05) is 22.0 Å². The van der Waals surface area contributed by atoms with E-state index in [1.54, 1.807) is 24.5 Å². The molecule has 22 heavy (non-hydrogen) atoms. The molecule has 1 aromatic carbocycles. The topological polar surface area (TPSA) is 55.1 Å². The molecule has 0 radical (unpaired) electrons. The largest absolute Gasteiger partial charge is 0.331 e. The summed E-state index contributed by atoms with van der Waals surface area (Å²) in [5.74, 6) is 0.347. The highest BCUT2D eigenvalue weighted by Gasteiger charge is 2.10. The van der Waals surface area contributed by atoms with Crippen LogP contribution in [0, 0.1) is 5.82 Å². The van der Waals surface area contributed by atoms with Crippen molar-refractivity contribution in [3.05, 3.63) is 60.1 Å². The van der Waals surface area contributed by atoms with Crippen molar-refractivity contribution in [2.75, 3.05) is 5.32 Å². The van der Waals surface area contributed by atoms with Gasteiger partial charge in [-0.05, 0) is 24.3 Å². The monoisotopic (exact) mass is 311 g/mol. The number of thiazole rings is 1. The molecule has 7 heteroatoms. The number of aromatic nitrogens is 4. The van der Waals surface area contributed by atoms with Gasteiger partial charge in [-0.1, -0.05) is 6.07 Å². The molecule has 0 spiro atoms.